The third-order valence-electron chi connectivity index (χ3n) is 3.57. The van der Waals surface area contributed by atoms with Crippen molar-refractivity contribution in [2.45, 2.75) is 32.7 Å². The Kier molecular flexibility index (Phi) is 4.00. The number of aryl methyl sites for hydroxylation is 2. The Morgan fingerprint density at radius 3 is 2.09 bits per heavy atom. The molecule has 0 radical (unpaired) electrons. The number of amides is 2. The Balaban J connectivity index is 1.61. The van der Waals surface area contributed by atoms with Crippen LogP contribution in [-0.4, -0.2) is 12.1 Å². The Morgan fingerprint density at radius 2 is 1.50 bits per heavy atom. The number of hydrogen-bond acceptors (Lipinski definition) is 2. The zero-order chi connectivity index (χ0) is 15.5. The highest BCUT2D eigenvalue weighted by molar-refractivity contribution is 5.89. The molecule has 2 aromatic rings. The molecule has 0 aromatic heterocycles. The van der Waals surface area contributed by atoms with Crippen molar-refractivity contribution in [2.24, 2.45) is 0 Å². The van der Waals surface area contributed by atoms with Crippen LogP contribution in [0.3, 0.4) is 0 Å². The van der Waals surface area contributed by atoms with Crippen molar-refractivity contribution in [3.8, 4) is 0 Å². The number of carbonyl (C=O) groups is 1. The molecule has 1 saturated carbocycles. The van der Waals surface area contributed by atoms with Gasteiger partial charge in [0.25, 0.3) is 0 Å². The second-order valence-corrected chi connectivity index (χ2v) is 5.95. The van der Waals surface area contributed by atoms with Crippen LogP contribution in [0.4, 0.5) is 21.9 Å². The van der Waals surface area contributed by atoms with Crippen LogP contribution in [0.15, 0.2) is 42.5 Å². The van der Waals surface area contributed by atoms with Gasteiger partial charge in [-0.15, -0.1) is 0 Å². The van der Waals surface area contributed by atoms with Crippen molar-refractivity contribution in [1.82, 2.24) is 5.32 Å². The number of urea groups is 1. The Labute approximate surface area is 130 Å². The number of benzene rings is 2. The summed E-state index contributed by atoms with van der Waals surface area (Å²) in [5.74, 6) is 0. The summed E-state index contributed by atoms with van der Waals surface area (Å²) in [7, 11) is 0. The van der Waals surface area contributed by atoms with Crippen LogP contribution in [0.1, 0.15) is 24.0 Å². The average molecular weight is 295 g/mol. The van der Waals surface area contributed by atoms with E-state index in [1.54, 1.807) is 0 Å². The summed E-state index contributed by atoms with van der Waals surface area (Å²) in [6.07, 6.45) is 2.18. The van der Waals surface area contributed by atoms with Gasteiger partial charge in [0.2, 0.25) is 0 Å². The molecule has 0 heterocycles. The molecule has 0 saturated heterocycles. The van der Waals surface area contributed by atoms with Crippen LogP contribution >= 0.6 is 0 Å². The van der Waals surface area contributed by atoms with Crippen LogP contribution in [0.2, 0.25) is 0 Å². The zero-order valence-electron chi connectivity index (χ0n) is 12.9. The minimum Gasteiger partial charge on any atom is -0.356 e. The van der Waals surface area contributed by atoms with E-state index in [1.165, 1.54) is 11.1 Å². The summed E-state index contributed by atoms with van der Waals surface area (Å²) < 4.78 is 0. The van der Waals surface area contributed by atoms with Gasteiger partial charge >= 0.3 is 6.03 Å². The summed E-state index contributed by atoms with van der Waals surface area (Å²) in [6.45, 7) is 4.17. The van der Waals surface area contributed by atoms with Crippen molar-refractivity contribution in [3.63, 3.8) is 0 Å². The normalized spacial score (nSPS) is 13.5. The molecule has 3 rings (SSSR count). The maximum Gasteiger partial charge on any atom is 0.319 e. The molecule has 0 unspecified atom stereocenters. The molecular formula is C18H21N3O. The summed E-state index contributed by atoms with van der Waals surface area (Å²) in [5.41, 5.74) is 5.34. The molecule has 2 aromatic carbocycles. The number of carbonyl (C=O) groups excluding carboxylic acids is 1. The van der Waals surface area contributed by atoms with Crippen LogP contribution in [-0.2, 0) is 0 Å². The zero-order valence-corrected chi connectivity index (χ0v) is 12.9. The maximum atomic E-state index is 11.7. The van der Waals surface area contributed by atoms with Crippen LogP contribution in [0, 0.1) is 13.8 Å². The maximum absolute atomic E-state index is 11.7. The number of nitrogens with one attached hydrogen (secondary N) is 3. The summed E-state index contributed by atoms with van der Waals surface area (Å²) in [5, 5.41) is 9.13. The van der Waals surface area contributed by atoms with Crippen molar-refractivity contribution in [2.75, 3.05) is 10.6 Å². The Hall–Kier alpha value is -2.49. The first-order chi connectivity index (χ1) is 10.6. The molecule has 0 bridgehead atoms. The highest BCUT2D eigenvalue weighted by Gasteiger charge is 2.23. The predicted octanol–water partition coefficient (Wildman–Crippen LogP) is 4.33. The molecule has 0 aliphatic heterocycles. The van der Waals surface area contributed by atoms with Crippen molar-refractivity contribution in [3.05, 3.63) is 53.6 Å². The van der Waals surface area contributed by atoms with Gasteiger partial charge in [-0.2, -0.15) is 0 Å². The molecule has 22 heavy (non-hydrogen) atoms. The number of anilines is 3. The third-order valence-corrected chi connectivity index (χ3v) is 3.57. The summed E-state index contributed by atoms with van der Waals surface area (Å²) in [4.78, 5) is 11.7. The monoisotopic (exact) mass is 295 g/mol. The lowest BCUT2D eigenvalue weighted by Gasteiger charge is -2.10. The fraction of sp³-hybridized carbons (Fsp3) is 0.278. The Morgan fingerprint density at radius 1 is 0.909 bits per heavy atom. The Bertz CT molecular complexity index is 655. The lowest BCUT2D eigenvalue weighted by Crippen LogP contribution is -2.30. The van der Waals surface area contributed by atoms with E-state index in [2.05, 4.69) is 48.0 Å². The van der Waals surface area contributed by atoms with Gasteiger partial charge in [-0.25, -0.2) is 4.79 Å². The van der Waals surface area contributed by atoms with E-state index in [0.29, 0.717) is 6.04 Å². The molecule has 1 aliphatic rings. The van der Waals surface area contributed by atoms with Gasteiger partial charge in [0.1, 0.15) is 0 Å². The van der Waals surface area contributed by atoms with E-state index < -0.39 is 0 Å². The van der Waals surface area contributed by atoms with Gasteiger partial charge in [-0.05, 0) is 74.2 Å². The van der Waals surface area contributed by atoms with Crippen molar-refractivity contribution in [1.29, 1.82) is 0 Å². The highest BCUT2D eigenvalue weighted by atomic mass is 16.2. The topological polar surface area (TPSA) is 53.2 Å². The third kappa shape index (κ3) is 4.01. The van der Waals surface area contributed by atoms with Gasteiger partial charge in [0, 0.05) is 23.1 Å². The van der Waals surface area contributed by atoms with Crippen molar-refractivity contribution >= 4 is 23.1 Å². The van der Waals surface area contributed by atoms with E-state index in [1.807, 2.05) is 24.3 Å². The first-order valence-corrected chi connectivity index (χ1v) is 7.61. The molecule has 114 valence electrons. The van der Waals surface area contributed by atoms with Crippen LogP contribution < -0.4 is 16.0 Å². The van der Waals surface area contributed by atoms with Gasteiger partial charge in [0.05, 0.1) is 0 Å². The van der Waals surface area contributed by atoms with E-state index in [4.69, 9.17) is 0 Å². The molecule has 4 heteroatoms. The molecule has 2 amide bonds. The first kappa shape index (κ1) is 14.4. The number of hydrogen-bond donors (Lipinski definition) is 3. The average Bonchev–Trinajstić information content (AvgIpc) is 3.23. The van der Waals surface area contributed by atoms with Gasteiger partial charge < -0.3 is 16.0 Å². The minimum absolute atomic E-state index is 0.127. The molecule has 4 nitrogen and oxygen atoms in total. The number of rotatable bonds is 4. The molecule has 1 fully saturated rings. The fourth-order valence-electron chi connectivity index (χ4n) is 2.43. The standard InChI is InChI=1S/C18H21N3O/c1-12-9-13(2)11-17(10-12)19-14-3-5-15(6-4-14)20-18(22)21-16-7-8-16/h3-6,9-11,16,19H,7-8H2,1-2H3,(H2,20,21,22). The molecule has 1 aliphatic carbocycles. The first-order valence-electron chi connectivity index (χ1n) is 7.61. The molecule has 0 atom stereocenters. The predicted molar refractivity (Wildman–Crippen MR) is 90.8 cm³/mol. The fourth-order valence-corrected chi connectivity index (χ4v) is 2.43. The van der Waals surface area contributed by atoms with E-state index >= 15 is 0 Å². The molecule has 3 N–H and O–H groups in total. The van der Waals surface area contributed by atoms with E-state index in [9.17, 15) is 4.79 Å². The highest BCUT2D eigenvalue weighted by Crippen LogP contribution is 2.22. The van der Waals surface area contributed by atoms with Crippen LogP contribution in [0.5, 0.6) is 0 Å². The van der Waals surface area contributed by atoms with E-state index in [-0.39, 0.29) is 6.03 Å². The van der Waals surface area contributed by atoms with E-state index in [0.717, 1.165) is 29.9 Å². The largest absolute Gasteiger partial charge is 0.356 e. The summed E-state index contributed by atoms with van der Waals surface area (Å²) >= 11 is 0. The van der Waals surface area contributed by atoms with Crippen LogP contribution in [0.25, 0.3) is 0 Å². The minimum atomic E-state index is -0.127. The SMILES string of the molecule is Cc1cc(C)cc(Nc2ccc(NC(=O)NC3CC3)cc2)c1. The second kappa shape index (κ2) is 6.10. The quantitative estimate of drug-likeness (QED) is 0.786. The van der Waals surface area contributed by atoms with Crippen molar-refractivity contribution < 1.29 is 4.79 Å². The smallest absolute Gasteiger partial charge is 0.319 e. The van der Waals surface area contributed by atoms with Gasteiger partial charge in [-0.1, -0.05) is 6.07 Å². The van der Waals surface area contributed by atoms with Gasteiger partial charge in [-0.3, -0.25) is 0 Å². The van der Waals surface area contributed by atoms with Gasteiger partial charge in [0.15, 0.2) is 0 Å². The molecule has 0 spiro atoms. The summed E-state index contributed by atoms with van der Waals surface area (Å²) in [6, 6.07) is 14.3. The second-order valence-electron chi connectivity index (χ2n) is 5.95. The molecular weight excluding hydrogens is 274 g/mol. The lowest BCUT2D eigenvalue weighted by atomic mass is 10.1. The lowest BCUT2D eigenvalue weighted by molar-refractivity contribution is 0.251.